The van der Waals surface area contributed by atoms with Crippen LogP contribution in [-0.2, 0) is 39.8 Å². The minimum atomic E-state index is 0. The zero-order valence-electron chi connectivity index (χ0n) is 11.7. The van der Waals surface area contributed by atoms with Gasteiger partial charge in [0.1, 0.15) is 5.65 Å². The van der Waals surface area contributed by atoms with Crippen molar-refractivity contribution in [2.24, 2.45) is 7.05 Å². The van der Waals surface area contributed by atoms with E-state index in [4.69, 9.17) is 0 Å². The fraction of sp³-hybridized carbons (Fsp3) is 0.429. The fourth-order valence-electron chi connectivity index (χ4n) is 2.34. The molecule has 0 aromatic carbocycles. The monoisotopic (exact) mass is 318 g/mol. The molecule has 1 unspecified atom stereocenters. The molecule has 0 amide bonds. The van der Waals surface area contributed by atoms with E-state index >= 15 is 0 Å². The maximum Gasteiger partial charge on any atom is 0.132 e. The molecule has 2 aromatic rings. The van der Waals surface area contributed by atoms with E-state index < -0.39 is 0 Å². The zero-order valence-corrected chi connectivity index (χ0v) is 14.6. The molecule has 2 aromatic heterocycles. The van der Waals surface area contributed by atoms with Crippen molar-refractivity contribution >= 4 is 11.0 Å². The summed E-state index contributed by atoms with van der Waals surface area (Å²) >= 11 is 0. The van der Waals surface area contributed by atoms with Gasteiger partial charge >= 0.3 is 0 Å². The summed E-state index contributed by atoms with van der Waals surface area (Å²) in [6.07, 6.45) is 6.28. The van der Waals surface area contributed by atoms with Gasteiger partial charge in [0.2, 0.25) is 0 Å². The summed E-state index contributed by atoms with van der Waals surface area (Å²) in [7, 11) is 1.95. The molecule has 0 aliphatic carbocycles. The number of pyridine rings is 1. The van der Waals surface area contributed by atoms with Crippen molar-refractivity contribution in [2.75, 3.05) is 0 Å². The molecule has 0 N–H and O–H groups in total. The van der Waals surface area contributed by atoms with E-state index in [9.17, 15) is 0 Å². The van der Waals surface area contributed by atoms with Gasteiger partial charge in [0.05, 0.1) is 5.69 Å². The molecule has 0 aliphatic rings. The van der Waals surface area contributed by atoms with Crippen LogP contribution in [-0.4, -0.2) is 14.8 Å². The first-order chi connectivity index (χ1) is 8.10. The molecule has 4 heteroatoms. The molecule has 0 aliphatic heterocycles. The van der Waals surface area contributed by atoms with Crippen LogP contribution in [0.1, 0.15) is 43.5 Å². The van der Waals surface area contributed by atoms with E-state index in [1.165, 1.54) is 16.5 Å². The fourth-order valence-corrected chi connectivity index (χ4v) is 2.34. The van der Waals surface area contributed by atoms with E-state index in [-0.39, 0.29) is 32.7 Å². The van der Waals surface area contributed by atoms with Crippen LogP contribution in [0.5, 0.6) is 0 Å². The number of rotatable bonds is 3. The van der Waals surface area contributed by atoms with Gasteiger partial charge in [-0.05, 0) is 12.3 Å². The van der Waals surface area contributed by atoms with Crippen LogP contribution in [0.15, 0.2) is 6.20 Å². The standard InChI is InChI=1S/C14H19N3.Y/c1-6-9(3)12-11(7-2)8-15-14-13(12)10(4)16-17(14)5;/h6-9H,1-5H3;/q-2;. The Morgan fingerprint density at radius 3 is 2.56 bits per heavy atom. The van der Waals surface area contributed by atoms with Crippen LogP contribution >= 0.6 is 0 Å². The zero-order chi connectivity index (χ0) is 12.6. The minimum absolute atomic E-state index is 0. The van der Waals surface area contributed by atoms with Gasteiger partial charge in [0, 0.05) is 39.8 Å². The molecule has 2 rings (SSSR count). The first-order valence-electron chi connectivity index (χ1n) is 6.01. The number of aryl methyl sites for hydroxylation is 2. The molecule has 95 valence electrons. The first-order valence-corrected chi connectivity index (χ1v) is 6.01. The quantitative estimate of drug-likeness (QED) is 0.814. The third kappa shape index (κ3) is 2.48. The molecule has 18 heavy (non-hydrogen) atoms. The third-order valence-corrected chi connectivity index (χ3v) is 3.36. The van der Waals surface area contributed by atoms with Crippen molar-refractivity contribution in [1.29, 1.82) is 0 Å². The molecule has 0 bridgehead atoms. The second-order valence-corrected chi connectivity index (χ2v) is 4.45. The van der Waals surface area contributed by atoms with Crippen molar-refractivity contribution in [1.82, 2.24) is 14.8 Å². The summed E-state index contributed by atoms with van der Waals surface area (Å²) in [5, 5.41) is 5.67. The molecule has 0 fully saturated rings. The normalized spacial score (nSPS) is 12.3. The van der Waals surface area contributed by atoms with Crippen molar-refractivity contribution in [3.8, 4) is 0 Å². The number of aromatic nitrogens is 3. The van der Waals surface area contributed by atoms with Gasteiger partial charge in [0.25, 0.3) is 0 Å². The number of hydrogen-bond donors (Lipinski definition) is 0. The van der Waals surface area contributed by atoms with E-state index in [0.29, 0.717) is 5.92 Å². The number of hydrogen-bond acceptors (Lipinski definition) is 2. The average Bonchev–Trinajstić information content (AvgIpc) is 2.63. The van der Waals surface area contributed by atoms with Crippen LogP contribution in [0, 0.1) is 19.8 Å². The van der Waals surface area contributed by atoms with Crippen molar-refractivity contribution in [3.05, 3.63) is 35.9 Å². The SMILES string of the molecule is C[CH-]c1cnc2c(c(C)nn2C)c1C(C)[CH-]C.[Y]. The summed E-state index contributed by atoms with van der Waals surface area (Å²) in [6, 6.07) is 0. The van der Waals surface area contributed by atoms with Gasteiger partial charge in [0.15, 0.2) is 0 Å². The van der Waals surface area contributed by atoms with Gasteiger partial charge in [-0.2, -0.15) is 35.5 Å². The van der Waals surface area contributed by atoms with Crippen molar-refractivity contribution in [2.45, 2.75) is 33.6 Å². The van der Waals surface area contributed by atoms with Crippen molar-refractivity contribution in [3.63, 3.8) is 0 Å². The Morgan fingerprint density at radius 1 is 1.33 bits per heavy atom. The summed E-state index contributed by atoms with van der Waals surface area (Å²) < 4.78 is 1.86. The molecule has 2 heterocycles. The Balaban J connectivity index is 0.00000162. The summed E-state index contributed by atoms with van der Waals surface area (Å²) in [5.41, 5.74) is 4.57. The van der Waals surface area contributed by atoms with Crippen LogP contribution < -0.4 is 0 Å². The van der Waals surface area contributed by atoms with E-state index in [2.05, 4.69) is 50.6 Å². The Hall–Kier alpha value is -0.406. The summed E-state index contributed by atoms with van der Waals surface area (Å²) in [6.45, 7) is 8.42. The van der Waals surface area contributed by atoms with Gasteiger partial charge in [-0.3, -0.25) is 4.68 Å². The maximum atomic E-state index is 4.51. The number of fused-ring (bicyclic) bond motifs is 1. The predicted molar refractivity (Wildman–Crippen MR) is 70.7 cm³/mol. The molecule has 3 nitrogen and oxygen atoms in total. The second kappa shape index (κ2) is 6.16. The Bertz CT molecular complexity index is 545. The van der Waals surface area contributed by atoms with Crippen LogP contribution in [0.4, 0.5) is 0 Å². The van der Waals surface area contributed by atoms with Crippen LogP contribution in [0.2, 0.25) is 0 Å². The molecule has 0 saturated carbocycles. The van der Waals surface area contributed by atoms with Gasteiger partial charge < -0.3 is 11.4 Å². The Kier molecular flexibility index (Phi) is 5.36. The molecular weight excluding hydrogens is 299 g/mol. The van der Waals surface area contributed by atoms with Gasteiger partial charge in [-0.1, -0.05) is 20.0 Å². The smallest absolute Gasteiger partial charge is 0.132 e. The second-order valence-electron chi connectivity index (χ2n) is 4.45. The van der Waals surface area contributed by atoms with E-state index in [0.717, 1.165) is 11.3 Å². The van der Waals surface area contributed by atoms with E-state index in [1.54, 1.807) is 0 Å². The molecular formula is C14H19N3Y-2. The first kappa shape index (κ1) is 15.7. The van der Waals surface area contributed by atoms with Crippen LogP contribution in [0.25, 0.3) is 11.0 Å². The maximum absolute atomic E-state index is 4.51. The Morgan fingerprint density at radius 2 is 2.00 bits per heavy atom. The van der Waals surface area contributed by atoms with E-state index in [1.807, 2.05) is 17.9 Å². The van der Waals surface area contributed by atoms with Gasteiger partial charge in [-0.25, -0.2) is 0 Å². The topological polar surface area (TPSA) is 30.7 Å². The third-order valence-electron chi connectivity index (χ3n) is 3.36. The molecule has 1 radical (unpaired) electrons. The van der Waals surface area contributed by atoms with Crippen LogP contribution in [0.3, 0.4) is 0 Å². The van der Waals surface area contributed by atoms with Crippen molar-refractivity contribution < 1.29 is 32.7 Å². The van der Waals surface area contributed by atoms with Gasteiger partial charge in [-0.15, -0.1) is 0 Å². The number of nitrogens with zero attached hydrogens (tertiary/aromatic N) is 3. The largest absolute Gasteiger partial charge is 0.336 e. The molecule has 0 spiro atoms. The minimum Gasteiger partial charge on any atom is -0.336 e. The average molecular weight is 318 g/mol. The summed E-state index contributed by atoms with van der Waals surface area (Å²) in [5.74, 6) is 0.412. The molecule has 0 saturated heterocycles. The Labute approximate surface area is 134 Å². The molecule has 1 atom stereocenters. The predicted octanol–water partition coefficient (Wildman–Crippen LogP) is 3.17. The summed E-state index contributed by atoms with van der Waals surface area (Å²) in [4.78, 5) is 4.51.